The van der Waals surface area contributed by atoms with Crippen LogP contribution in [0, 0.1) is 13.8 Å². The highest BCUT2D eigenvalue weighted by Crippen LogP contribution is 2.15. The first-order valence-corrected chi connectivity index (χ1v) is 8.36. The Hall–Kier alpha value is -2.86. The summed E-state index contributed by atoms with van der Waals surface area (Å²) >= 11 is 0. The summed E-state index contributed by atoms with van der Waals surface area (Å²) in [7, 11) is 1.61. The molecular formula is C20H24N2O4. The van der Waals surface area contributed by atoms with Gasteiger partial charge in [-0.25, -0.2) is 0 Å². The van der Waals surface area contributed by atoms with Gasteiger partial charge in [-0.3, -0.25) is 9.59 Å². The van der Waals surface area contributed by atoms with Gasteiger partial charge in [0.25, 0.3) is 5.91 Å². The lowest BCUT2D eigenvalue weighted by atomic mass is 10.1. The normalized spacial score (nSPS) is 10.3. The van der Waals surface area contributed by atoms with Gasteiger partial charge in [-0.05, 0) is 50.2 Å². The van der Waals surface area contributed by atoms with E-state index in [1.165, 1.54) is 0 Å². The minimum absolute atomic E-state index is 0.0993. The fourth-order valence-corrected chi connectivity index (χ4v) is 2.45. The number of carbonyl (C=O) groups is 2. The molecule has 0 radical (unpaired) electrons. The first kappa shape index (κ1) is 19.5. The third kappa shape index (κ3) is 6.22. The van der Waals surface area contributed by atoms with Gasteiger partial charge in [0.2, 0.25) is 5.91 Å². The average Bonchev–Trinajstić information content (AvgIpc) is 2.60. The molecule has 0 fully saturated rings. The Labute approximate surface area is 153 Å². The highest BCUT2D eigenvalue weighted by Gasteiger charge is 2.09. The smallest absolute Gasteiger partial charge is 0.251 e. The van der Waals surface area contributed by atoms with Crippen molar-refractivity contribution in [2.45, 2.75) is 13.8 Å². The fraction of sp³-hybridized carbons (Fsp3) is 0.300. The van der Waals surface area contributed by atoms with Gasteiger partial charge in [-0.2, -0.15) is 0 Å². The van der Waals surface area contributed by atoms with E-state index in [-0.39, 0.29) is 18.4 Å². The second-order valence-electron chi connectivity index (χ2n) is 5.97. The lowest BCUT2D eigenvalue weighted by molar-refractivity contribution is -0.115. The summed E-state index contributed by atoms with van der Waals surface area (Å²) in [6.07, 6.45) is 0. The molecule has 0 saturated carbocycles. The summed E-state index contributed by atoms with van der Waals surface area (Å²) in [5.41, 5.74) is 3.20. The van der Waals surface area contributed by atoms with Gasteiger partial charge in [0.05, 0.1) is 13.2 Å². The van der Waals surface area contributed by atoms with Crippen LogP contribution in [0.15, 0.2) is 42.5 Å². The zero-order valence-corrected chi connectivity index (χ0v) is 15.3. The van der Waals surface area contributed by atoms with E-state index in [1.54, 1.807) is 43.5 Å². The molecule has 26 heavy (non-hydrogen) atoms. The lowest BCUT2D eigenvalue weighted by Crippen LogP contribution is -2.32. The number of anilines is 1. The van der Waals surface area contributed by atoms with Crippen molar-refractivity contribution in [1.29, 1.82) is 0 Å². The summed E-state index contributed by atoms with van der Waals surface area (Å²) < 4.78 is 10.4. The van der Waals surface area contributed by atoms with E-state index >= 15 is 0 Å². The first-order chi connectivity index (χ1) is 12.5. The van der Waals surface area contributed by atoms with Crippen LogP contribution < -0.4 is 15.4 Å². The Kier molecular flexibility index (Phi) is 7.17. The maximum Gasteiger partial charge on any atom is 0.251 e. The highest BCUT2D eigenvalue weighted by atomic mass is 16.5. The van der Waals surface area contributed by atoms with Crippen LogP contribution in [0.1, 0.15) is 21.5 Å². The van der Waals surface area contributed by atoms with Gasteiger partial charge < -0.3 is 20.1 Å². The third-order valence-corrected chi connectivity index (χ3v) is 3.59. The number of aryl methyl sites for hydroxylation is 2. The Morgan fingerprint density at radius 1 is 0.962 bits per heavy atom. The summed E-state index contributed by atoms with van der Waals surface area (Å²) in [5.74, 6) is 0.132. The molecular weight excluding hydrogens is 332 g/mol. The molecule has 2 amide bonds. The summed E-state index contributed by atoms with van der Waals surface area (Å²) in [6, 6.07) is 12.6. The van der Waals surface area contributed by atoms with E-state index in [0.29, 0.717) is 30.2 Å². The maximum atomic E-state index is 12.2. The van der Waals surface area contributed by atoms with Gasteiger partial charge in [0.15, 0.2) is 0 Å². The van der Waals surface area contributed by atoms with Crippen LogP contribution in [0.5, 0.6) is 5.75 Å². The fourth-order valence-electron chi connectivity index (χ4n) is 2.45. The van der Waals surface area contributed by atoms with Gasteiger partial charge in [-0.15, -0.1) is 0 Å². The molecule has 2 aromatic rings. The van der Waals surface area contributed by atoms with Crippen LogP contribution >= 0.6 is 0 Å². The monoisotopic (exact) mass is 356 g/mol. The molecule has 6 heteroatoms. The lowest BCUT2D eigenvalue weighted by Gasteiger charge is -2.09. The number of hydrogen-bond acceptors (Lipinski definition) is 4. The topological polar surface area (TPSA) is 76.7 Å². The molecule has 0 atom stereocenters. The molecule has 0 aliphatic carbocycles. The van der Waals surface area contributed by atoms with E-state index < -0.39 is 0 Å². The molecule has 0 saturated heterocycles. The SMILES string of the molecule is COCCOc1ccc(NC(=O)CNC(=O)c2cc(C)cc(C)c2)cc1. The summed E-state index contributed by atoms with van der Waals surface area (Å²) in [6.45, 7) is 4.74. The number of amides is 2. The van der Waals surface area contributed by atoms with Crippen molar-refractivity contribution in [2.75, 3.05) is 32.2 Å². The Balaban J connectivity index is 1.81. The van der Waals surface area contributed by atoms with E-state index in [1.807, 2.05) is 19.9 Å². The Morgan fingerprint density at radius 2 is 1.62 bits per heavy atom. The van der Waals surface area contributed by atoms with E-state index in [4.69, 9.17) is 9.47 Å². The van der Waals surface area contributed by atoms with Crippen LogP contribution in [-0.4, -0.2) is 38.7 Å². The third-order valence-electron chi connectivity index (χ3n) is 3.59. The first-order valence-electron chi connectivity index (χ1n) is 8.36. The molecule has 0 aliphatic heterocycles. The molecule has 2 rings (SSSR count). The zero-order valence-electron chi connectivity index (χ0n) is 15.3. The molecule has 0 aliphatic rings. The standard InChI is InChI=1S/C20H24N2O4/c1-14-10-15(2)12-16(11-14)20(24)21-13-19(23)22-17-4-6-18(7-5-17)26-9-8-25-3/h4-7,10-12H,8-9,13H2,1-3H3,(H,21,24)(H,22,23). The van der Waals surface area contributed by atoms with Crippen LogP contribution in [0.4, 0.5) is 5.69 Å². The molecule has 0 unspecified atom stereocenters. The second-order valence-corrected chi connectivity index (χ2v) is 5.97. The highest BCUT2D eigenvalue weighted by molar-refractivity contribution is 5.99. The number of hydrogen-bond donors (Lipinski definition) is 2. The quantitative estimate of drug-likeness (QED) is 0.713. The number of nitrogens with one attached hydrogen (secondary N) is 2. The molecule has 0 spiro atoms. The van der Waals surface area contributed by atoms with Gasteiger partial charge in [0, 0.05) is 18.4 Å². The minimum Gasteiger partial charge on any atom is -0.491 e. The molecule has 6 nitrogen and oxygen atoms in total. The van der Waals surface area contributed by atoms with Gasteiger partial charge >= 0.3 is 0 Å². The number of methoxy groups -OCH3 is 1. The van der Waals surface area contributed by atoms with Crippen molar-refractivity contribution >= 4 is 17.5 Å². The molecule has 0 bridgehead atoms. The molecule has 2 N–H and O–H groups in total. The van der Waals surface area contributed by atoms with Crippen molar-refractivity contribution in [3.8, 4) is 5.75 Å². The van der Waals surface area contributed by atoms with Crippen LogP contribution in [-0.2, 0) is 9.53 Å². The van der Waals surface area contributed by atoms with Crippen LogP contribution in [0.2, 0.25) is 0 Å². The number of carbonyl (C=O) groups excluding carboxylic acids is 2. The predicted octanol–water partition coefficient (Wildman–Crippen LogP) is 2.70. The molecule has 0 heterocycles. The van der Waals surface area contributed by atoms with Crippen LogP contribution in [0.3, 0.4) is 0 Å². The predicted molar refractivity (Wildman–Crippen MR) is 101 cm³/mol. The number of rotatable bonds is 8. The molecule has 2 aromatic carbocycles. The Bertz CT molecular complexity index is 737. The molecule has 0 aromatic heterocycles. The van der Waals surface area contributed by atoms with Crippen molar-refractivity contribution in [1.82, 2.24) is 5.32 Å². The zero-order chi connectivity index (χ0) is 18.9. The second kappa shape index (κ2) is 9.58. The van der Waals surface area contributed by atoms with Gasteiger partial charge in [-0.1, -0.05) is 17.2 Å². The summed E-state index contributed by atoms with van der Waals surface area (Å²) in [4.78, 5) is 24.2. The van der Waals surface area contributed by atoms with Crippen LogP contribution in [0.25, 0.3) is 0 Å². The van der Waals surface area contributed by atoms with Gasteiger partial charge in [0.1, 0.15) is 12.4 Å². The van der Waals surface area contributed by atoms with Crippen molar-refractivity contribution in [2.24, 2.45) is 0 Å². The van der Waals surface area contributed by atoms with E-state index in [9.17, 15) is 9.59 Å². The summed E-state index contributed by atoms with van der Waals surface area (Å²) in [5, 5.41) is 5.36. The largest absolute Gasteiger partial charge is 0.491 e. The van der Waals surface area contributed by atoms with E-state index in [0.717, 1.165) is 11.1 Å². The van der Waals surface area contributed by atoms with E-state index in [2.05, 4.69) is 10.6 Å². The number of benzene rings is 2. The minimum atomic E-state index is -0.296. The van der Waals surface area contributed by atoms with Crippen molar-refractivity contribution < 1.29 is 19.1 Å². The molecule has 138 valence electrons. The number of ether oxygens (including phenoxy) is 2. The van der Waals surface area contributed by atoms with Crippen molar-refractivity contribution in [3.05, 3.63) is 59.2 Å². The van der Waals surface area contributed by atoms with Crippen molar-refractivity contribution in [3.63, 3.8) is 0 Å². The average molecular weight is 356 g/mol. The maximum absolute atomic E-state index is 12.2. The Morgan fingerprint density at radius 3 is 2.23 bits per heavy atom.